The lowest BCUT2D eigenvalue weighted by Gasteiger charge is -2.48. The first-order valence-corrected chi connectivity index (χ1v) is 7.39. The Morgan fingerprint density at radius 1 is 1.35 bits per heavy atom. The van der Waals surface area contributed by atoms with Crippen molar-refractivity contribution in [3.8, 4) is 6.07 Å². The van der Waals surface area contributed by atoms with Crippen molar-refractivity contribution in [3.05, 3.63) is 16.8 Å². The summed E-state index contributed by atoms with van der Waals surface area (Å²) in [5, 5.41) is 24.8. The molecule has 5 nitrogen and oxygen atoms in total. The van der Waals surface area contributed by atoms with Crippen LogP contribution in [0.15, 0.2) is 0 Å². The second kappa shape index (κ2) is 5.02. The van der Waals surface area contributed by atoms with Crippen LogP contribution >= 0.6 is 0 Å². The SMILES string of the molecule is Cc1nnc(NC2CCNC3(CCC3)C2)c(C#N)c1C. The number of piperidine rings is 1. The van der Waals surface area contributed by atoms with Gasteiger partial charge in [0.2, 0.25) is 0 Å². The average Bonchev–Trinajstić information content (AvgIpc) is 2.42. The molecule has 2 heterocycles. The molecule has 1 aliphatic carbocycles. The number of nitriles is 1. The molecule has 2 aliphatic rings. The zero-order valence-corrected chi connectivity index (χ0v) is 12.2. The first kappa shape index (κ1) is 13.3. The van der Waals surface area contributed by atoms with Crippen LogP contribution in [0.4, 0.5) is 5.82 Å². The van der Waals surface area contributed by atoms with Crippen LogP contribution in [0.5, 0.6) is 0 Å². The molecule has 1 aromatic heterocycles. The van der Waals surface area contributed by atoms with Crippen LogP contribution < -0.4 is 10.6 Å². The molecule has 106 valence electrons. The summed E-state index contributed by atoms with van der Waals surface area (Å²) < 4.78 is 0. The molecule has 2 N–H and O–H groups in total. The highest BCUT2D eigenvalue weighted by atomic mass is 15.2. The largest absolute Gasteiger partial charge is 0.365 e. The Kier molecular flexibility index (Phi) is 3.35. The summed E-state index contributed by atoms with van der Waals surface area (Å²) in [6.45, 7) is 4.86. The number of nitrogens with zero attached hydrogens (tertiary/aromatic N) is 3. The Morgan fingerprint density at radius 3 is 2.80 bits per heavy atom. The highest BCUT2D eigenvalue weighted by Gasteiger charge is 2.41. The maximum absolute atomic E-state index is 9.34. The number of rotatable bonds is 2. The molecule has 2 fully saturated rings. The van der Waals surface area contributed by atoms with Crippen LogP contribution in [0.3, 0.4) is 0 Å². The molecule has 0 radical (unpaired) electrons. The van der Waals surface area contributed by atoms with Crippen molar-refractivity contribution in [2.24, 2.45) is 0 Å². The molecule has 5 heteroatoms. The zero-order chi connectivity index (χ0) is 14.2. The van der Waals surface area contributed by atoms with Crippen molar-refractivity contribution in [1.29, 1.82) is 5.26 Å². The molecule has 1 atom stereocenters. The number of anilines is 1. The van der Waals surface area contributed by atoms with Crippen LogP contribution in [-0.2, 0) is 0 Å². The number of nitrogens with one attached hydrogen (secondary N) is 2. The lowest BCUT2D eigenvalue weighted by molar-refractivity contribution is 0.135. The van der Waals surface area contributed by atoms with Gasteiger partial charge in [0.25, 0.3) is 0 Å². The molecular weight excluding hydrogens is 250 g/mol. The third kappa shape index (κ3) is 2.25. The minimum absolute atomic E-state index is 0.343. The quantitative estimate of drug-likeness (QED) is 0.861. The molecular formula is C15H21N5. The fraction of sp³-hybridized carbons (Fsp3) is 0.667. The summed E-state index contributed by atoms with van der Waals surface area (Å²) in [7, 11) is 0. The van der Waals surface area contributed by atoms with Gasteiger partial charge in [-0.3, -0.25) is 0 Å². The van der Waals surface area contributed by atoms with E-state index in [1.807, 2.05) is 13.8 Å². The third-order valence-corrected chi connectivity index (χ3v) is 4.85. The molecule has 1 saturated heterocycles. The molecule has 1 aromatic rings. The van der Waals surface area contributed by atoms with Crippen molar-refractivity contribution in [3.63, 3.8) is 0 Å². The highest BCUT2D eigenvalue weighted by Crippen LogP contribution is 2.39. The number of aryl methyl sites for hydroxylation is 1. The Bertz CT molecular complexity index is 556. The maximum atomic E-state index is 9.34. The van der Waals surface area contributed by atoms with Gasteiger partial charge < -0.3 is 10.6 Å². The van der Waals surface area contributed by atoms with Crippen molar-refractivity contribution in [2.45, 2.75) is 57.5 Å². The summed E-state index contributed by atoms with van der Waals surface area (Å²) in [6, 6.07) is 2.65. The average molecular weight is 271 g/mol. The molecule has 20 heavy (non-hydrogen) atoms. The molecule has 0 aromatic carbocycles. The van der Waals surface area contributed by atoms with Gasteiger partial charge in [0, 0.05) is 11.6 Å². The summed E-state index contributed by atoms with van der Waals surface area (Å²) in [5.41, 5.74) is 2.74. The second-order valence-corrected chi connectivity index (χ2v) is 6.14. The lowest BCUT2D eigenvalue weighted by Crippen LogP contribution is -2.58. The molecule has 0 bridgehead atoms. The van der Waals surface area contributed by atoms with E-state index in [0.29, 0.717) is 23.0 Å². The van der Waals surface area contributed by atoms with E-state index in [-0.39, 0.29) is 0 Å². The van der Waals surface area contributed by atoms with Crippen LogP contribution in [0, 0.1) is 25.2 Å². The summed E-state index contributed by atoms with van der Waals surface area (Å²) in [5.74, 6) is 0.650. The van der Waals surface area contributed by atoms with E-state index in [2.05, 4.69) is 26.9 Å². The van der Waals surface area contributed by atoms with E-state index in [0.717, 1.165) is 30.6 Å². The van der Waals surface area contributed by atoms with Gasteiger partial charge in [-0.25, -0.2) is 0 Å². The van der Waals surface area contributed by atoms with Crippen molar-refractivity contribution in [2.75, 3.05) is 11.9 Å². The van der Waals surface area contributed by atoms with Gasteiger partial charge in [-0.2, -0.15) is 10.4 Å². The fourth-order valence-corrected chi connectivity index (χ4v) is 3.30. The van der Waals surface area contributed by atoms with Crippen molar-refractivity contribution < 1.29 is 0 Å². The molecule has 1 aliphatic heterocycles. The van der Waals surface area contributed by atoms with E-state index in [1.54, 1.807) is 0 Å². The van der Waals surface area contributed by atoms with Gasteiger partial charge in [0.15, 0.2) is 5.82 Å². The Hall–Kier alpha value is -1.67. The van der Waals surface area contributed by atoms with Crippen LogP contribution in [0.25, 0.3) is 0 Å². The molecule has 1 spiro atoms. The summed E-state index contributed by atoms with van der Waals surface area (Å²) in [4.78, 5) is 0. The van der Waals surface area contributed by atoms with E-state index >= 15 is 0 Å². The predicted molar refractivity (Wildman–Crippen MR) is 77.5 cm³/mol. The van der Waals surface area contributed by atoms with E-state index in [4.69, 9.17) is 0 Å². The van der Waals surface area contributed by atoms with E-state index in [9.17, 15) is 5.26 Å². The van der Waals surface area contributed by atoms with Gasteiger partial charge in [0.1, 0.15) is 11.6 Å². The van der Waals surface area contributed by atoms with Gasteiger partial charge >= 0.3 is 0 Å². The van der Waals surface area contributed by atoms with Gasteiger partial charge in [-0.1, -0.05) is 0 Å². The van der Waals surface area contributed by atoms with Crippen LogP contribution in [0.2, 0.25) is 0 Å². The van der Waals surface area contributed by atoms with Crippen molar-refractivity contribution >= 4 is 5.82 Å². The van der Waals surface area contributed by atoms with Gasteiger partial charge in [0.05, 0.1) is 5.69 Å². The van der Waals surface area contributed by atoms with Crippen LogP contribution in [0.1, 0.15) is 48.9 Å². The summed E-state index contributed by atoms with van der Waals surface area (Å²) >= 11 is 0. The number of hydrogen-bond acceptors (Lipinski definition) is 5. The highest BCUT2D eigenvalue weighted by molar-refractivity contribution is 5.56. The standard InChI is InChI=1S/C15H21N5/c1-10-11(2)19-20-14(13(10)9-16)18-12-4-7-17-15(8-12)5-3-6-15/h12,17H,3-8H2,1-2H3,(H,18,20). The van der Waals surface area contributed by atoms with Gasteiger partial charge in [-0.05, 0) is 58.1 Å². The molecule has 1 unspecified atom stereocenters. The first-order valence-electron chi connectivity index (χ1n) is 7.39. The van der Waals surface area contributed by atoms with E-state index in [1.165, 1.54) is 19.3 Å². The molecule has 3 rings (SSSR count). The monoisotopic (exact) mass is 271 g/mol. The Balaban J connectivity index is 1.78. The Labute approximate surface area is 119 Å². The topological polar surface area (TPSA) is 73.6 Å². The van der Waals surface area contributed by atoms with E-state index < -0.39 is 0 Å². The zero-order valence-electron chi connectivity index (χ0n) is 12.2. The molecule has 1 saturated carbocycles. The minimum atomic E-state index is 0.343. The number of aromatic nitrogens is 2. The Morgan fingerprint density at radius 2 is 2.15 bits per heavy atom. The lowest BCUT2D eigenvalue weighted by atomic mass is 9.70. The minimum Gasteiger partial charge on any atom is -0.365 e. The first-order chi connectivity index (χ1) is 9.63. The molecule has 0 amide bonds. The second-order valence-electron chi connectivity index (χ2n) is 6.14. The normalized spacial score (nSPS) is 23.9. The van der Waals surface area contributed by atoms with Crippen LogP contribution in [-0.4, -0.2) is 28.3 Å². The third-order valence-electron chi connectivity index (χ3n) is 4.85. The summed E-state index contributed by atoms with van der Waals surface area (Å²) in [6.07, 6.45) is 6.06. The number of hydrogen-bond donors (Lipinski definition) is 2. The smallest absolute Gasteiger partial charge is 0.167 e. The maximum Gasteiger partial charge on any atom is 0.167 e. The van der Waals surface area contributed by atoms with Gasteiger partial charge in [-0.15, -0.1) is 5.10 Å². The fourth-order valence-electron chi connectivity index (χ4n) is 3.30. The van der Waals surface area contributed by atoms with Crippen molar-refractivity contribution in [1.82, 2.24) is 15.5 Å². The predicted octanol–water partition coefficient (Wildman–Crippen LogP) is 2.05.